The number of fused-ring (bicyclic) bond motifs is 1. The van der Waals surface area contributed by atoms with Crippen LogP contribution in [-0.2, 0) is 10.0 Å². The van der Waals surface area contributed by atoms with Crippen LogP contribution in [0.4, 0.5) is 5.69 Å². The first kappa shape index (κ1) is 21.7. The second kappa shape index (κ2) is 9.33. The average Bonchev–Trinajstić information content (AvgIpc) is 2.80. The number of nitrogens with one attached hydrogen (secondary N) is 2. The number of benzene rings is 4. The van der Waals surface area contributed by atoms with E-state index >= 15 is 0 Å². The summed E-state index contributed by atoms with van der Waals surface area (Å²) in [4.78, 5) is 14.7. The Bertz CT molecular complexity index is 1420. The van der Waals surface area contributed by atoms with Gasteiger partial charge < -0.3 is 5.32 Å². The third-order valence-corrected chi connectivity index (χ3v) is 6.39. The third-order valence-electron chi connectivity index (χ3n) is 4.67. The average molecular weight is 508 g/mol. The molecular weight excluding hydrogens is 490 g/mol. The molecule has 0 aliphatic carbocycles. The number of nitrogens with zero attached hydrogens (tertiary/aromatic N) is 1. The summed E-state index contributed by atoms with van der Waals surface area (Å²) in [6.07, 6.45) is 1.40. The van der Waals surface area contributed by atoms with E-state index in [1.54, 1.807) is 60.7 Å². The number of amides is 1. The first-order valence-electron chi connectivity index (χ1n) is 9.61. The molecular formula is C24H18BrN3O3S. The molecule has 0 radical (unpaired) electrons. The lowest BCUT2D eigenvalue weighted by atomic mass is 10.1. The third kappa shape index (κ3) is 5.22. The van der Waals surface area contributed by atoms with Gasteiger partial charge in [-0.05, 0) is 58.8 Å². The topological polar surface area (TPSA) is 87.6 Å². The minimum Gasteiger partial charge on any atom is -0.322 e. The van der Waals surface area contributed by atoms with Gasteiger partial charge in [0.05, 0.1) is 11.1 Å². The summed E-state index contributed by atoms with van der Waals surface area (Å²) in [5.41, 5.74) is 1.82. The summed E-state index contributed by atoms with van der Waals surface area (Å²) in [5.74, 6) is -0.226. The largest absolute Gasteiger partial charge is 0.322 e. The van der Waals surface area contributed by atoms with Crippen LogP contribution in [0.3, 0.4) is 0 Å². The van der Waals surface area contributed by atoms with Crippen molar-refractivity contribution in [1.29, 1.82) is 0 Å². The van der Waals surface area contributed by atoms with E-state index in [-0.39, 0.29) is 10.8 Å². The highest BCUT2D eigenvalue weighted by molar-refractivity contribution is 9.10. The predicted molar refractivity (Wildman–Crippen MR) is 130 cm³/mol. The van der Waals surface area contributed by atoms with Gasteiger partial charge in [-0.1, -0.05) is 64.5 Å². The molecule has 0 unspecified atom stereocenters. The molecule has 0 bridgehead atoms. The number of anilines is 1. The minimum absolute atomic E-state index is 0.138. The molecule has 2 N–H and O–H groups in total. The quantitative estimate of drug-likeness (QED) is 0.278. The molecule has 0 atom stereocenters. The van der Waals surface area contributed by atoms with Gasteiger partial charge in [0, 0.05) is 15.7 Å². The van der Waals surface area contributed by atoms with Crippen LogP contribution in [-0.4, -0.2) is 20.5 Å². The molecule has 4 aromatic rings. The minimum atomic E-state index is -3.79. The van der Waals surface area contributed by atoms with Gasteiger partial charge in [-0.2, -0.15) is 13.5 Å². The van der Waals surface area contributed by atoms with Gasteiger partial charge in [-0.3, -0.25) is 4.79 Å². The molecule has 4 aromatic carbocycles. The molecule has 0 aliphatic rings. The fraction of sp³-hybridized carbons (Fsp3) is 0. The predicted octanol–water partition coefficient (Wildman–Crippen LogP) is 5.17. The number of rotatable bonds is 6. The molecule has 0 aliphatic heterocycles. The van der Waals surface area contributed by atoms with Crippen molar-refractivity contribution in [3.05, 3.63) is 107 Å². The van der Waals surface area contributed by atoms with Crippen molar-refractivity contribution in [3.8, 4) is 0 Å². The van der Waals surface area contributed by atoms with E-state index in [4.69, 9.17) is 0 Å². The second-order valence-electron chi connectivity index (χ2n) is 6.95. The van der Waals surface area contributed by atoms with Crippen LogP contribution in [0.2, 0.25) is 0 Å². The van der Waals surface area contributed by atoms with Crippen LogP contribution in [0.5, 0.6) is 0 Å². The zero-order chi connectivity index (χ0) is 22.6. The number of hydrazone groups is 1. The Balaban J connectivity index is 1.40. The Morgan fingerprint density at radius 2 is 1.59 bits per heavy atom. The monoisotopic (exact) mass is 507 g/mol. The van der Waals surface area contributed by atoms with Gasteiger partial charge in [0.1, 0.15) is 0 Å². The fourth-order valence-corrected chi connectivity index (χ4v) is 4.27. The van der Waals surface area contributed by atoms with Crippen LogP contribution >= 0.6 is 15.9 Å². The Hall–Kier alpha value is -3.49. The molecule has 1 amide bonds. The smallest absolute Gasteiger partial charge is 0.276 e. The molecule has 4 rings (SSSR count). The fourth-order valence-electron chi connectivity index (χ4n) is 3.04. The van der Waals surface area contributed by atoms with Crippen LogP contribution in [0.25, 0.3) is 10.8 Å². The normalized spacial score (nSPS) is 11.5. The highest BCUT2D eigenvalue weighted by Crippen LogP contribution is 2.19. The van der Waals surface area contributed by atoms with E-state index in [2.05, 4.69) is 31.2 Å². The zero-order valence-corrected chi connectivity index (χ0v) is 19.1. The van der Waals surface area contributed by atoms with Gasteiger partial charge in [0.15, 0.2) is 0 Å². The number of carbonyl (C=O) groups is 1. The second-order valence-corrected chi connectivity index (χ2v) is 9.52. The molecule has 0 saturated heterocycles. The first-order chi connectivity index (χ1) is 15.4. The molecule has 0 spiro atoms. The van der Waals surface area contributed by atoms with Crippen LogP contribution in [0.1, 0.15) is 15.9 Å². The summed E-state index contributed by atoms with van der Waals surface area (Å²) < 4.78 is 25.9. The molecule has 6 nitrogen and oxygen atoms in total. The van der Waals surface area contributed by atoms with Crippen molar-refractivity contribution in [1.82, 2.24) is 4.83 Å². The van der Waals surface area contributed by atoms with Crippen molar-refractivity contribution in [3.63, 3.8) is 0 Å². The van der Waals surface area contributed by atoms with Gasteiger partial charge >= 0.3 is 0 Å². The molecule has 0 heterocycles. The lowest BCUT2D eigenvalue weighted by Crippen LogP contribution is -2.18. The van der Waals surface area contributed by atoms with E-state index in [0.717, 1.165) is 15.2 Å². The standard InChI is InChI=1S/C24H18BrN3O3S/c25-21-7-3-6-20(14-21)24(29)27-22-11-8-17(9-12-22)16-26-28-32(30,31)23-13-10-18-4-1-2-5-19(18)15-23/h1-16,28H,(H,27,29)/b26-16+. The number of hydrogen-bond acceptors (Lipinski definition) is 4. The van der Waals surface area contributed by atoms with E-state index < -0.39 is 10.0 Å². The molecule has 160 valence electrons. The molecule has 0 aromatic heterocycles. The van der Waals surface area contributed by atoms with E-state index in [0.29, 0.717) is 16.8 Å². The summed E-state index contributed by atoms with van der Waals surface area (Å²) in [5, 5.41) is 8.47. The Morgan fingerprint density at radius 3 is 2.34 bits per heavy atom. The highest BCUT2D eigenvalue weighted by Gasteiger charge is 2.13. The molecule has 0 saturated carbocycles. The Morgan fingerprint density at radius 1 is 0.844 bits per heavy atom. The maximum Gasteiger partial charge on any atom is 0.276 e. The molecule has 8 heteroatoms. The SMILES string of the molecule is O=C(Nc1ccc(/C=N/NS(=O)(=O)c2ccc3ccccc3c2)cc1)c1cccc(Br)c1. The van der Waals surface area contributed by atoms with Crippen LogP contribution in [0, 0.1) is 0 Å². The number of sulfonamides is 1. The van der Waals surface area contributed by atoms with Crippen molar-refractivity contribution < 1.29 is 13.2 Å². The molecule has 32 heavy (non-hydrogen) atoms. The number of hydrogen-bond donors (Lipinski definition) is 2. The summed E-state index contributed by atoms with van der Waals surface area (Å²) in [6.45, 7) is 0. The van der Waals surface area contributed by atoms with Crippen molar-refractivity contribution in [2.24, 2.45) is 5.10 Å². The van der Waals surface area contributed by atoms with Gasteiger partial charge in [0.2, 0.25) is 0 Å². The Labute approximate surface area is 194 Å². The van der Waals surface area contributed by atoms with Crippen LogP contribution in [0.15, 0.2) is 105 Å². The Kier molecular flexibility index (Phi) is 6.34. The lowest BCUT2D eigenvalue weighted by molar-refractivity contribution is 0.102. The number of carbonyl (C=O) groups excluding carboxylic acids is 1. The van der Waals surface area contributed by atoms with Gasteiger partial charge in [-0.15, -0.1) is 0 Å². The first-order valence-corrected chi connectivity index (χ1v) is 11.9. The zero-order valence-electron chi connectivity index (χ0n) is 16.7. The van der Waals surface area contributed by atoms with Crippen LogP contribution < -0.4 is 10.1 Å². The maximum atomic E-state index is 12.5. The summed E-state index contributed by atoms with van der Waals surface area (Å²) in [7, 11) is -3.79. The molecule has 0 fully saturated rings. The van der Waals surface area contributed by atoms with Crippen molar-refractivity contribution >= 4 is 54.5 Å². The lowest BCUT2D eigenvalue weighted by Gasteiger charge is -2.06. The van der Waals surface area contributed by atoms with Crippen molar-refractivity contribution in [2.75, 3.05) is 5.32 Å². The van der Waals surface area contributed by atoms with Crippen molar-refractivity contribution in [2.45, 2.75) is 4.90 Å². The van der Waals surface area contributed by atoms with E-state index in [9.17, 15) is 13.2 Å². The highest BCUT2D eigenvalue weighted by atomic mass is 79.9. The number of halogens is 1. The summed E-state index contributed by atoms with van der Waals surface area (Å²) >= 11 is 3.35. The van der Waals surface area contributed by atoms with E-state index in [1.165, 1.54) is 6.21 Å². The summed E-state index contributed by atoms with van der Waals surface area (Å²) in [6, 6.07) is 26.4. The van der Waals surface area contributed by atoms with Gasteiger partial charge in [-0.25, -0.2) is 4.83 Å². The maximum absolute atomic E-state index is 12.5. The van der Waals surface area contributed by atoms with Gasteiger partial charge in [0.25, 0.3) is 15.9 Å². The van der Waals surface area contributed by atoms with E-state index in [1.807, 2.05) is 30.3 Å².